The van der Waals surface area contributed by atoms with Crippen LogP contribution < -0.4 is 15.5 Å². The number of anilines is 2. The molecule has 1 aliphatic heterocycles. The SMILES string of the molecule is Cc1cc(N2CC[C@@H](NC(=O)Nc3cccc(C)c3C)C2=O)ccc1F. The van der Waals surface area contributed by atoms with Crippen LogP contribution in [0.5, 0.6) is 0 Å². The van der Waals surface area contributed by atoms with Gasteiger partial charge in [0, 0.05) is 17.9 Å². The summed E-state index contributed by atoms with van der Waals surface area (Å²) >= 11 is 0. The lowest BCUT2D eigenvalue weighted by Crippen LogP contribution is -2.43. The maximum atomic E-state index is 13.4. The fourth-order valence-electron chi connectivity index (χ4n) is 3.07. The Kier molecular flexibility index (Phi) is 4.93. The van der Waals surface area contributed by atoms with Crippen molar-refractivity contribution in [1.29, 1.82) is 0 Å². The zero-order valence-electron chi connectivity index (χ0n) is 15.1. The molecule has 1 saturated heterocycles. The van der Waals surface area contributed by atoms with Crippen molar-refractivity contribution in [2.24, 2.45) is 0 Å². The molecule has 26 heavy (non-hydrogen) atoms. The molecule has 136 valence electrons. The molecule has 0 bridgehead atoms. The van der Waals surface area contributed by atoms with Gasteiger partial charge in [-0.3, -0.25) is 4.79 Å². The number of urea groups is 1. The van der Waals surface area contributed by atoms with Crippen molar-refractivity contribution in [2.75, 3.05) is 16.8 Å². The molecule has 1 heterocycles. The second kappa shape index (κ2) is 7.15. The van der Waals surface area contributed by atoms with Gasteiger partial charge in [0.25, 0.3) is 0 Å². The van der Waals surface area contributed by atoms with E-state index in [-0.39, 0.29) is 11.7 Å². The van der Waals surface area contributed by atoms with E-state index in [4.69, 9.17) is 0 Å². The summed E-state index contributed by atoms with van der Waals surface area (Å²) in [7, 11) is 0. The van der Waals surface area contributed by atoms with Crippen molar-refractivity contribution < 1.29 is 14.0 Å². The molecule has 3 amide bonds. The molecule has 2 aromatic rings. The normalized spacial score (nSPS) is 16.7. The van der Waals surface area contributed by atoms with Gasteiger partial charge in [-0.2, -0.15) is 0 Å². The quantitative estimate of drug-likeness (QED) is 0.882. The summed E-state index contributed by atoms with van der Waals surface area (Å²) in [5.41, 5.74) is 3.92. The zero-order valence-corrected chi connectivity index (χ0v) is 15.1. The largest absolute Gasteiger partial charge is 0.326 e. The van der Waals surface area contributed by atoms with E-state index in [1.807, 2.05) is 32.0 Å². The minimum atomic E-state index is -0.592. The Bertz CT molecular complexity index is 866. The second-order valence-corrected chi connectivity index (χ2v) is 6.61. The Morgan fingerprint density at radius 1 is 1.15 bits per heavy atom. The third-order valence-corrected chi connectivity index (χ3v) is 4.82. The smallest absolute Gasteiger partial charge is 0.319 e. The summed E-state index contributed by atoms with van der Waals surface area (Å²) in [5.74, 6) is -0.491. The number of aryl methyl sites for hydroxylation is 2. The summed E-state index contributed by atoms with van der Waals surface area (Å²) in [6, 6.07) is 9.25. The Morgan fingerprint density at radius 3 is 2.65 bits per heavy atom. The molecule has 1 atom stereocenters. The monoisotopic (exact) mass is 355 g/mol. The molecule has 1 aliphatic rings. The number of carbonyl (C=O) groups is 2. The van der Waals surface area contributed by atoms with Gasteiger partial charge >= 0.3 is 6.03 Å². The number of nitrogens with one attached hydrogen (secondary N) is 2. The fourth-order valence-corrected chi connectivity index (χ4v) is 3.07. The first kappa shape index (κ1) is 17.9. The molecule has 0 unspecified atom stereocenters. The molecule has 0 radical (unpaired) electrons. The summed E-state index contributed by atoms with van der Waals surface area (Å²) in [5, 5.41) is 5.53. The average Bonchev–Trinajstić information content (AvgIpc) is 2.95. The van der Waals surface area contributed by atoms with Crippen LogP contribution in [0.15, 0.2) is 36.4 Å². The summed E-state index contributed by atoms with van der Waals surface area (Å²) in [4.78, 5) is 26.5. The van der Waals surface area contributed by atoms with Crippen molar-refractivity contribution in [1.82, 2.24) is 5.32 Å². The third-order valence-electron chi connectivity index (χ3n) is 4.82. The van der Waals surface area contributed by atoms with Gasteiger partial charge in [-0.1, -0.05) is 12.1 Å². The van der Waals surface area contributed by atoms with Crippen LogP contribution in [-0.4, -0.2) is 24.5 Å². The number of rotatable bonds is 3. The molecular formula is C20H22FN3O2. The predicted molar refractivity (Wildman–Crippen MR) is 100.0 cm³/mol. The van der Waals surface area contributed by atoms with Crippen LogP contribution in [0, 0.1) is 26.6 Å². The number of benzene rings is 2. The van der Waals surface area contributed by atoms with Gasteiger partial charge in [0.15, 0.2) is 0 Å². The Labute approximate surface area is 152 Å². The topological polar surface area (TPSA) is 61.4 Å². The highest BCUT2D eigenvalue weighted by atomic mass is 19.1. The van der Waals surface area contributed by atoms with E-state index < -0.39 is 12.1 Å². The van der Waals surface area contributed by atoms with Crippen LogP contribution in [0.25, 0.3) is 0 Å². The molecule has 1 fully saturated rings. The van der Waals surface area contributed by atoms with Gasteiger partial charge in [0.05, 0.1) is 0 Å². The van der Waals surface area contributed by atoms with E-state index in [1.54, 1.807) is 24.0 Å². The van der Waals surface area contributed by atoms with Crippen molar-refractivity contribution >= 4 is 23.3 Å². The Balaban J connectivity index is 1.66. The van der Waals surface area contributed by atoms with Crippen LogP contribution in [0.3, 0.4) is 0 Å². The Hall–Kier alpha value is -2.89. The van der Waals surface area contributed by atoms with Crippen LogP contribution >= 0.6 is 0 Å². The lowest BCUT2D eigenvalue weighted by atomic mass is 10.1. The third kappa shape index (κ3) is 3.54. The maximum Gasteiger partial charge on any atom is 0.319 e. The van der Waals surface area contributed by atoms with Crippen molar-refractivity contribution in [3.05, 3.63) is 58.9 Å². The molecule has 0 aromatic heterocycles. The van der Waals surface area contributed by atoms with E-state index in [9.17, 15) is 14.0 Å². The van der Waals surface area contributed by atoms with Crippen molar-refractivity contribution in [3.63, 3.8) is 0 Å². The van der Waals surface area contributed by atoms with Gasteiger partial charge in [-0.25, -0.2) is 9.18 Å². The summed E-state index contributed by atoms with van der Waals surface area (Å²) < 4.78 is 13.4. The zero-order chi connectivity index (χ0) is 18.8. The number of halogens is 1. The van der Waals surface area contributed by atoms with Crippen molar-refractivity contribution in [2.45, 2.75) is 33.2 Å². The highest BCUT2D eigenvalue weighted by Crippen LogP contribution is 2.24. The first-order chi connectivity index (χ1) is 12.4. The molecule has 2 N–H and O–H groups in total. The van der Waals surface area contributed by atoms with E-state index in [0.29, 0.717) is 24.2 Å². The molecular weight excluding hydrogens is 333 g/mol. The van der Waals surface area contributed by atoms with Crippen LogP contribution in [0.1, 0.15) is 23.1 Å². The number of carbonyl (C=O) groups excluding carboxylic acids is 2. The van der Waals surface area contributed by atoms with E-state index in [1.165, 1.54) is 6.07 Å². The summed E-state index contributed by atoms with van der Waals surface area (Å²) in [6.45, 7) is 6.05. The average molecular weight is 355 g/mol. The number of hydrogen-bond acceptors (Lipinski definition) is 2. The molecule has 6 heteroatoms. The highest BCUT2D eigenvalue weighted by molar-refractivity contribution is 6.02. The molecule has 2 aromatic carbocycles. The van der Waals surface area contributed by atoms with Crippen molar-refractivity contribution in [3.8, 4) is 0 Å². The second-order valence-electron chi connectivity index (χ2n) is 6.61. The lowest BCUT2D eigenvalue weighted by Gasteiger charge is -2.18. The van der Waals surface area contributed by atoms with Gasteiger partial charge in [0.1, 0.15) is 11.9 Å². The number of hydrogen-bond donors (Lipinski definition) is 2. The van der Waals surface area contributed by atoms with Crippen LogP contribution in [-0.2, 0) is 4.79 Å². The first-order valence-electron chi connectivity index (χ1n) is 8.58. The van der Waals surface area contributed by atoms with Gasteiger partial charge < -0.3 is 15.5 Å². The Morgan fingerprint density at radius 2 is 1.92 bits per heavy atom. The minimum Gasteiger partial charge on any atom is -0.326 e. The van der Waals surface area contributed by atoms with E-state index >= 15 is 0 Å². The minimum absolute atomic E-state index is 0.188. The van der Waals surface area contributed by atoms with Gasteiger partial charge in [-0.05, 0) is 68.1 Å². The molecule has 0 aliphatic carbocycles. The standard InChI is InChI=1S/C20H22FN3O2/c1-12-5-4-6-17(14(12)3)22-20(26)23-18-9-10-24(19(18)25)15-7-8-16(21)13(2)11-15/h4-8,11,18H,9-10H2,1-3H3,(H2,22,23,26)/t18-/m1/s1. The predicted octanol–water partition coefficient (Wildman–Crippen LogP) is 3.68. The maximum absolute atomic E-state index is 13.4. The molecule has 0 saturated carbocycles. The lowest BCUT2D eigenvalue weighted by molar-refractivity contribution is -0.118. The molecule has 3 rings (SSSR count). The highest BCUT2D eigenvalue weighted by Gasteiger charge is 2.33. The summed E-state index contributed by atoms with van der Waals surface area (Å²) in [6.07, 6.45) is 0.509. The van der Waals surface area contributed by atoms with E-state index in [2.05, 4.69) is 10.6 Å². The fraction of sp³-hybridized carbons (Fsp3) is 0.300. The first-order valence-corrected chi connectivity index (χ1v) is 8.58. The number of amides is 3. The van der Waals surface area contributed by atoms with E-state index in [0.717, 1.165) is 16.8 Å². The van der Waals surface area contributed by atoms with Crippen LogP contribution in [0.4, 0.5) is 20.6 Å². The van der Waals surface area contributed by atoms with Gasteiger partial charge in [0.2, 0.25) is 5.91 Å². The van der Waals surface area contributed by atoms with Crippen LogP contribution in [0.2, 0.25) is 0 Å². The molecule has 0 spiro atoms. The number of nitrogens with zero attached hydrogens (tertiary/aromatic N) is 1. The van der Waals surface area contributed by atoms with Gasteiger partial charge in [-0.15, -0.1) is 0 Å². The molecule has 5 nitrogen and oxygen atoms in total.